The van der Waals surface area contributed by atoms with E-state index in [1.165, 1.54) is 11.4 Å². The van der Waals surface area contributed by atoms with Crippen molar-refractivity contribution < 1.29 is 4.79 Å². The van der Waals surface area contributed by atoms with Gasteiger partial charge in [-0.2, -0.15) is 0 Å². The van der Waals surface area contributed by atoms with Crippen molar-refractivity contribution in [1.82, 2.24) is 25.3 Å². The van der Waals surface area contributed by atoms with Crippen molar-refractivity contribution in [3.05, 3.63) is 35.9 Å². The van der Waals surface area contributed by atoms with Crippen molar-refractivity contribution in [3.8, 4) is 0 Å². The third-order valence-electron chi connectivity index (χ3n) is 5.43. The quantitative estimate of drug-likeness (QED) is 0.905. The fraction of sp³-hybridized carbons (Fsp3) is 0.556. The van der Waals surface area contributed by atoms with E-state index in [-0.39, 0.29) is 17.9 Å². The maximum atomic E-state index is 12.6. The van der Waals surface area contributed by atoms with Crippen LogP contribution in [0.25, 0.3) is 0 Å². The monoisotopic (exact) mass is 340 g/mol. The fourth-order valence-electron chi connectivity index (χ4n) is 3.91. The number of pyridine rings is 1. The van der Waals surface area contributed by atoms with E-state index in [0.29, 0.717) is 6.42 Å². The molecular formula is C18H24N6O. The second-order valence-corrected chi connectivity index (χ2v) is 7.02. The first-order valence-electron chi connectivity index (χ1n) is 9.03. The van der Waals surface area contributed by atoms with Gasteiger partial charge in [-0.15, -0.1) is 5.10 Å². The van der Waals surface area contributed by atoms with Gasteiger partial charge in [0, 0.05) is 56.6 Å². The Bertz CT molecular complexity index is 735. The topological polar surface area (TPSA) is 75.9 Å². The Labute approximate surface area is 147 Å². The molecule has 0 saturated carbocycles. The van der Waals surface area contributed by atoms with Crippen LogP contribution in [0.3, 0.4) is 0 Å². The smallest absolute Gasteiger partial charge is 0.223 e. The van der Waals surface area contributed by atoms with Crippen LogP contribution in [0.2, 0.25) is 0 Å². The van der Waals surface area contributed by atoms with E-state index >= 15 is 0 Å². The molecule has 7 nitrogen and oxygen atoms in total. The Balaban J connectivity index is 1.29. The molecule has 0 spiro atoms. The average molecular weight is 340 g/mol. The summed E-state index contributed by atoms with van der Waals surface area (Å²) in [6.07, 6.45) is 8.10. The van der Waals surface area contributed by atoms with Gasteiger partial charge in [0.15, 0.2) is 0 Å². The molecule has 0 aromatic carbocycles. The number of hydrogen-bond donors (Lipinski definition) is 1. The third-order valence-corrected chi connectivity index (χ3v) is 5.43. The normalized spacial score (nSPS) is 21.0. The number of carbonyl (C=O) groups is 1. The Morgan fingerprint density at radius 3 is 2.72 bits per heavy atom. The summed E-state index contributed by atoms with van der Waals surface area (Å²) in [7, 11) is 1.92. The largest absolute Gasteiger partial charge is 0.371 e. The van der Waals surface area contributed by atoms with Crippen LogP contribution in [-0.4, -0.2) is 45.0 Å². The predicted molar refractivity (Wildman–Crippen MR) is 94.1 cm³/mol. The Kier molecular flexibility index (Phi) is 4.38. The molecule has 2 aromatic rings. The van der Waals surface area contributed by atoms with Crippen LogP contribution in [0.1, 0.15) is 30.7 Å². The predicted octanol–water partition coefficient (Wildman–Crippen LogP) is 1.10. The molecule has 1 saturated heterocycles. The number of anilines is 1. The van der Waals surface area contributed by atoms with Crippen LogP contribution in [0.4, 0.5) is 5.69 Å². The Hall–Kier alpha value is -2.44. The summed E-state index contributed by atoms with van der Waals surface area (Å²) >= 11 is 0. The number of piperidine rings is 1. The highest BCUT2D eigenvalue weighted by Crippen LogP contribution is 2.24. The van der Waals surface area contributed by atoms with E-state index in [0.717, 1.165) is 44.5 Å². The zero-order valence-corrected chi connectivity index (χ0v) is 14.6. The molecule has 1 atom stereocenters. The van der Waals surface area contributed by atoms with E-state index in [2.05, 4.69) is 25.5 Å². The van der Waals surface area contributed by atoms with Gasteiger partial charge < -0.3 is 10.2 Å². The molecule has 7 heteroatoms. The molecular weight excluding hydrogens is 316 g/mol. The molecule has 0 radical (unpaired) electrons. The van der Waals surface area contributed by atoms with Crippen LogP contribution < -0.4 is 10.2 Å². The van der Waals surface area contributed by atoms with Gasteiger partial charge in [0.1, 0.15) is 0 Å². The van der Waals surface area contributed by atoms with Gasteiger partial charge in [0.05, 0.1) is 11.4 Å². The molecule has 0 bridgehead atoms. The minimum atomic E-state index is 0.0300. The second-order valence-electron chi connectivity index (χ2n) is 7.02. The lowest BCUT2D eigenvalue weighted by Gasteiger charge is -2.34. The summed E-state index contributed by atoms with van der Waals surface area (Å²) in [5, 5.41) is 11.5. The lowest BCUT2D eigenvalue weighted by molar-refractivity contribution is -0.126. The van der Waals surface area contributed by atoms with Crippen LogP contribution in [0.15, 0.2) is 24.5 Å². The number of aromatic nitrogens is 4. The van der Waals surface area contributed by atoms with E-state index in [9.17, 15) is 4.79 Å². The van der Waals surface area contributed by atoms with Gasteiger partial charge in [0.2, 0.25) is 5.91 Å². The van der Waals surface area contributed by atoms with E-state index in [1.807, 2.05) is 36.3 Å². The third kappa shape index (κ3) is 3.36. The lowest BCUT2D eigenvalue weighted by atomic mass is 9.88. The summed E-state index contributed by atoms with van der Waals surface area (Å²) in [5.74, 6) is 0.209. The first kappa shape index (κ1) is 16.1. The number of nitrogens with one attached hydrogen (secondary N) is 1. The number of aryl methyl sites for hydroxylation is 1. The number of fused-ring (bicyclic) bond motifs is 1. The first-order valence-corrected chi connectivity index (χ1v) is 9.03. The molecule has 25 heavy (non-hydrogen) atoms. The second kappa shape index (κ2) is 6.82. The van der Waals surface area contributed by atoms with Crippen molar-refractivity contribution in [1.29, 1.82) is 0 Å². The molecule has 2 aromatic heterocycles. The van der Waals surface area contributed by atoms with Crippen molar-refractivity contribution in [2.24, 2.45) is 13.0 Å². The number of rotatable bonds is 3. The molecule has 1 aliphatic carbocycles. The zero-order chi connectivity index (χ0) is 17.2. The molecule has 2 aliphatic rings. The summed E-state index contributed by atoms with van der Waals surface area (Å²) in [4.78, 5) is 19.1. The summed E-state index contributed by atoms with van der Waals surface area (Å²) < 4.78 is 1.83. The van der Waals surface area contributed by atoms with Crippen LogP contribution >= 0.6 is 0 Å². The SMILES string of the molecule is Cn1nnc2c1CCC(C(=O)NC1CCN(c3ccncc3)CC1)C2. The number of nitrogens with zero attached hydrogens (tertiary/aromatic N) is 5. The summed E-state index contributed by atoms with van der Waals surface area (Å²) in [6.45, 7) is 1.93. The number of carbonyl (C=O) groups excluding carboxylic acids is 1. The zero-order valence-electron chi connectivity index (χ0n) is 14.6. The van der Waals surface area contributed by atoms with Gasteiger partial charge in [0.25, 0.3) is 0 Å². The number of amides is 1. The minimum Gasteiger partial charge on any atom is -0.371 e. The summed E-state index contributed by atoms with van der Waals surface area (Å²) in [5.41, 5.74) is 3.37. The Morgan fingerprint density at radius 2 is 1.96 bits per heavy atom. The standard InChI is InChI=1S/C18H24N6O/c1-23-17-3-2-13(12-16(17)21-22-23)18(25)20-14-6-10-24(11-7-14)15-4-8-19-9-5-15/h4-5,8-9,13-14H,2-3,6-7,10-12H2,1H3,(H,20,25). The minimum absolute atomic E-state index is 0.0300. The first-order chi connectivity index (χ1) is 12.2. The van der Waals surface area contributed by atoms with Gasteiger partial charge >= 0.3 is 0 Å². The van der Waals surface area contributed by atoms with Crippen LogP contribution in [0.5, 0.6) is 0 Å². The van der Waals surface area contributed by atoms with Crippen LogP contribution in [0, 0.1) is 5.92 Å². The van der Waals surface area contributed by atoms with Gasteiger partial charge in [-0.1, -0.05) is 5.21 Å². The van der Waals surface area contributed by atoms with Gasteiger partial charge in [-0.25, -0.2) is 0 Å². The highest BCUT2D eigenvalue weighted by atomic mass is 16.1. The van der Waals surface area contributed by atoms with Crippen molar-refractivity contribution in [2.75, 3.05) is 18.0 Å². The molecule has 3 heterocycles. The molecule has 1 unspecified atom stereocenters. The van der Waals surface area contributed by atoms with E-state index in [1.54, 1.807) is 0 Å². The molecule has 4 rings (SSSR count). The average Bonchev–Trinajstić information content (AvgIpc) is 3.03. The molecule has 1 fully saturated rings. The Morgan fingerprint density at radius 1 is 1.20 bits per heavy atom. The van der Waals surface area contributed by atoms with Crippen molar-refractivity contribution >= 4 is 11.6 Å². The van der Waals surface area contributed by atoms with E-state index in [4.69, 9.17) is 0 Å². The summed E-state index contributed by atoms with van der Waals surface area (Å²) in [6, 6.07) is 4.35. The fourth-order valence-corrected chi connectivity index (χ4v) is 3.91. The molecule has 1 aliphatic heterocycles. The van der Waals surface area contributed by atoms with Crippen molar-refractivity contribution in [3.63, 3.8) is 0 Å². The van der Waals surface area contributed by atoms with Gasteiger partial charge in [-0.05, 0) is 37.8 Å². The van der Waals surface area contributed by atoms with Crippen molar-refractivity contribution in [2.45, 2.75) is 38.1 Å². The van der Waals surface area contributed by atoms with E-state index < -0.39 is 0 Å². The number of hydrogen-bond acceptors (Lipinski definition) is 5. The maximum Gasteiger partial charge on any atom is 0.223 e. The molecule has 132 valence electrons. The van der Waals surface area contributed by atoms with Gasteiger partial charge in [-0.3, -0.25) is 14.5 Å². The molecule has 1 N–H and O–H groups in total. The molecule has 1 amide bonds. The maximum absolute atomic E-state index is 12.6. The highest BCUT2D eigenvalue weighted by molar-refractivity contribution is 5.79. The van der Waals surface area contributed by atoms with Crippen LogP contribution in [-0.2, 0) is 24.7 Å². The highest BCUT2D eigenvalue weighted by Gasteiger charge is 2.30. The lowest BCUT2D eigenvalue weighted by Crippen LogP contribution is -2.47.